The molecule has 3 aromatic rings. The van der Waals surface area contributed by atoms with Crippen LogP contribution in [0, 0.1) is 5.92 Å². The quantitative estimate of drug-likeness (QED) is 0.747. The highest BCUT2D eigenvalue weighted by molar-refractivity contribution is 5.81. The number of carbonyl (C=O) groups is 1. The largest absolute Gasteiger partial charge is 0.349 e. The first-order valence-electron chi connectivity index (χ1n) is 8.75. The molecule has 2 aromatic carbocycles. The Balaban J connectivity index is 1.55. The number of carbonyl (C=O) groups excluding carboxylic acids is 1. The summed E-state index contributed by atoms with van der Waals surface area (Å²) < 4.78 is 2.17. The number of rotatable bonds is 6. The van der Waals surface area contributed by atoms with Crippen LogP contribution in [0.1, 0.15) is 24.2 Å². The van der Waals surface area contributed by atoms with Gasteiger partial charge in [-0.2, -0.15) is 0 Å². The van der Waals surface area contributed by atoms with Gasteiger partial charge in [-0.1, -0.05) is 54.6 Å². The van der Waals surface area contributed by atoms with Crippen molar-refractivity contribution in [2.75, 3.05) is 0 Å². The van der Waals surface area contributed by atoms with E-state index in [0.29, 0.717) is 6.54 Å². The molecule has 1 aliphatic carbocycles. The van der Waals surface area contributed by atoms with Crippen LogP contribution < -0.4 is 5.32 Å². The van der Waals surface area contributed by atoms with Gasteiger partial charge in [0.1, 0.15) is 5.82 Å². The lowest BCUT2D eigenvalue weighted by Gasteiger charge is -2.08. The van der Waals surface area contributed by atoms with Crippen molar-refractivity contribution < 1.29 is 4.79 Å². The SMILES string of the molecule is O=C(NCc1nc2ccccc2n1C/C=C/c1ccccc1)C1CC1. The molecule has 0 saturated heterocycles. The molecule has 0 aliphatic heterocycles. The van der Waals surface area contributed by atoms with Gasteiger partial charge in [0.05, 0.1) is 17.6 Å². The van der Waals surface area contributed by atoms with Crippen LogP contribution in [0.25, 0.3) is 17.1 Å². The molecule has 1 aromatic heterocycles. The van der Waals surface area contributed by atoms with Gasteiger partial charge < -0.3 is 9.88 Å². The summed E-state index contributed by atoms with van der Waals surface area (Å²) in [6.45, 7) is 1.20. The summed E-state index contributed by atoms with van der Waals surface area (Å²) >= 11 is 0. The molecule has 1 heterocycles. The molecule has 1 aliphatic rings. The zero-order valence-corrected chi connectivity index (χ0v) is 14.1. The molecule has 0 atom stereocenters. The lowest BCUT2D eigenvalue weighted by molar-refractivity contribution is -0.122. The average molecular weight is 331 g/mol. The molecular formula is C21H21N3O. The van der Waals surface area contributed by atoms with Crippen molar-refractivity contribution in [1.29, 1.82) is 0 Å². The summed E-state index contributed by atoms with van der Waals surface area (Å²) in [4.78, 5) is 16.6. The topological polar surface area (TPSA) is 46.9 Å². The zero-order chi connectivity index (χ0) is 17.1. The Morgan fingerprint density at radius 1 is 1.12 bits per heavy atom. The van der Waals surface area contributed by atoms with Gasteiger partial charge in [0.15, 0.2) is 0 Å². The maximum absolute atomic E-state index is 11.9. The molecule has 0 radical (unpaired) electrons. The second-order valence-electron chi connectivity index (χ2n) is 6.43. The van der Waals surface area contributed by atoms with Gasteiger partial charge >= 0.3 is 0 Å². The van der Waals surface area contributed by atoms with E-state index in [4.69, 9.17) is 4.98 Å². The lowest BCUT2D eigenvalue weighted by Crippen LogP contribution is -2.25. The fraction of sp³-hybridized carbons (Fsp3) is 0.238. The molecular weight excluding hydrogens is 310 g/mol. The average Bonchev–Trinajstić information content (AvgIpc) is 3.44. The number of aromatic nitrogens is 2. The number of benzene rings is 2. The lowest BCUT2D eigenvalue weighted by atomic mass is 10.2. The minimum Gasteiger partial charge on any atom is -0.349 e. The van der Waals surface area contributed by atoms with Crippen LogP contribution in [0.15, 0.2) is 60.7 Å². The van der Waals surface area contributed by atoms with Crippen molar-refractivity contribution in [3.63, 3.8) is 0 Å². The number of hydrogen-bond acceptors (Lipinski definition) is 2. The van der Waals surface area contributed by atoms with Crippen LogP contribution in [0.5, 0.6) is 0 Å². The number of nitrogens with one attached hydrogen (secondary N) is 1. The number of para-hydroxylation sites is 2. The van der Waals surface area contributed by atoms with Crippen molar-refractivity contribution in [1.82, 2.24) is 14.9 Å². The summed E-state index contributed by atoms with van der Waals surface area (Å²) in [5.74, 6) is 1.27. The van der Waals surface area contributed by atoms with Crippen molar-refractivity contribution in [2.45, 2.75) is 25.9 Å². The number of allylic oxidation sites excluding steroid dienone is 1. The molecule has 1 saturated carbocycles. The Morgan fingerprint density at radius 3 is 2.68 bits per heavy atom. The van der Waals surface area contributed by atoms with Crippen LogP contribution >= 0.6 is 0 Å². The maximum Gasteiger partial charge on any atom is 0.223 e. The van der Waals surface area contributed by atoms with Gasteiger partial charge in [-0.3, -0.25) is 4.79 Å². The summed E-state index contributed by atoms with van der Waals surface area (Å²) in [6.07, 6.45) is 6.28. The third-order valence-electron chi connectivity index (χ3n) is 4.50. The van der Waals surface area contributed by atoms with Gasteiger partial charge in [-0.25, -0.2) is 4.98 Å². The summed E-state index contributed by atoms with van der Waals surface area (Å²) in [7, 11) is 0. The highest BCUT2D eigenvalue weighted by atomic mass is 16.2. The summed E-state index contributed by atoms with van der Waals surface area (Å²) in [6, 6.07) is 18.3. The molecule has 4 rings (SSSR count). The van der Waals surface area contributed by atoms with Gasteiger partial charge in [-0.15, -0.1) is 0 Å². The zero-order valence-electron chi connectivity index (χ0n) is 14.1. The van der Waals surface area contributed by atoms with E-state index in [2.05, 4.69) is 40.2 Å². The Kier molecular flexibility index (Phi) is 4.34. The molecule has 25 heavy (non-hydrogen) atoms. The van der Waals surface area contributed by atoms with E-state index in [9.17, 15) is 4.79 Å². The fourth-order valence-corrected chi connectivity index (χ4v) is 2.98. The Labute approximate surface area is 147 Å². The summed E-state index contributed by atoms with van der Waals surface area (Å²) in [5.41, 5.74) is 3.23. The monoisotopic (exact) mass is 331 g/mol. The first kappa shape index (κ1) is 15.6. The maximum atomic E-state index is 11.9. The first-order chi connectivity index (χ1) is 12.3. The predicted octanol–water partition coefficient (Wildman–Crippen LogP) is 3.78. The van der Waals surface area contributed by atoms with Crippen LogP contribution in [-0.4, -0.2) is 15.5 Å². The van der Waals surface area contributed by atoms with Gasteiger partial charge in [0.25, 0.3) is 0 Å². The predicted molar refractivity (Wildman–Crippen MR) is 99.8 cm³/mol. The fourth-order valence-electron chi connectivity index (χ4n) is 2.98. The molecule has 1 N–H and O–H groups in total. The van der Waals surface area contributed by atoms with Crippen molar-refractivity contribution in [3.8, 4) is 0 Å². The number of amides is 1. The summed E-state index contributed by atoms with van der Waals surface area (Å²) in [5, 5.41) is 3.02. The van der Waals surface area contributed by atoms with Gasteiger partial charge in [0, 0.05) is 12.5 Å². The van der Waals surface area contributed by atoms with Crippen LogP contribution in [0.3, 0.4) is 0 Å². The van der Waals surface area contributed by atoms with Gasteiger partial charge in [0.2, 0.25) is 5.91 Å². The Hall–Kier alpha value is -2.88. The van der Waals surface area contributed by atoms with E-state index >= 15 is 0 Å². The molecule has 0 spiro atoms. The van der Waals surface area contributed by atoms with E-state index in [-0.39, 0.29) is 11.8 Å². The van der Waals surface area contributed by atoms with Crippen molar-refractivity contribution in [3.05, 3.63) is 72.1 Å². The van der Waals surface area contributed by atoms with E-state index in [1.54, 1.807) is 0 Å². The minimum atomic E-state index is 0.151. The first-order valence-corrected chi connectivity index (χ1v) is 8.75. The molecule has 0 bridgehead atoms. The van der Waals surface area contributed by atoms with E-state index < -0.39 is 0 Å². The number of hydrogen-bond donors (Lipinski definition) is 1. The molecule has 0 unspecified atom stereocenters. The van der Waals surface area contributed by atoms with Crippen LogP contribution in [0.2, 0.25) is 0 Å². The standard InChI is InChI=1S/C21H21N3O/c25-21(17-12-13-17)22-15-20-23-18-10-4-5-11-19(18)24(20)14-6-9-16-7-2-1-3-8-16/h1-11,17H,12-15H2,(H,22,25)/b9-6+. The Bertz CT molecular complexity index is 907. The molecule has 4 nitrogen and oxygen atoms in total. The molecule has 1 fully saturated rings. The van der Waals surface area contributed by atoms with E-state index in [0.717, 1.165) is 36.2 Å². The molecule has 1 amide bonds. The van der Waals surface area contributed by atoms with E-state index in [1.807, 2.05) is 36.4 Å². The number of fused-ring (bicyclic) bond motifs is 1. The second-order valence-corrected chi connectivity index (χ2v) is 6.43. The van der Waals surface area contributed by atoms with Crippen molar-refractivity contribution >= 4 is 23.0 Å². The third-order valence-corrected chi connectivity index (χ3v) is 4.50. The highest BCUT2D eigenvalue weighted by Gasteiger charge is 2.29. The smallest absolute Gasteiger partial charge is 0.223 e. The van der Waals surface area contributed by atoms with Crippen molar-refractivity contribution in [2.24, 2.45) is 5.92 Å². The number of imidazole rings is 1. The van der Waals surface area contributed by atoms with Crippen LogP contribution in [0.4, 0.5) is 0 Å². The number of nitrogens with zero attached hydrogens (tertiary/aromatic N) is 2. The minimum absolute atomic E-state index is 0.151. The van der Waals surface area contributed by atoms with Crippen LogP contribution in [-0.2, 0) is 17.9 Å². The third kappa shape index (κ3) is 3.63. The molecule has 4 heteroatoms. The second kappa shape index (κ2) is 6.93. The molecule has 126 valence electrons. The highest BCUT2D eigenvalue weighted by Crippen LogP contribution is 2.28. The Morgan fingerprint density at radius 2 is 1.88 bits per heavy atom. The van der Waals surface area contributed by atoms with Gasteiger partial charge in [-0.05, 0) is 30.5 Å². The van der Waals surface area contributed by atoms with E-state index in [1.165, 1.54) is 5.56 Å². The normalized spacial score (nSPS) is 14.2.